The molecule has 13 nitrogen and oxygen atoms in total. The van der Waals surface area contributed by atoms with E-state index in [1.54, 1.807) is 18.2 Å². The number of rotatable bonds is 13. The van der Waals surface area contributed by atoms with E-state index in [1.165, 1.54) is 35.7 Å². The minimum Gasteiger partial charge on any atom is -0.504 e. The largest absolute Gasteiger partial charge is 0.504 e. The van der Waals surface area contributed by atoms with E-state index in [1.807, 2.05) is 44.2 Å². The number of aliphatic hydroxyl groups excluding tert-OH is 1. The zero-order valence-corrected chi connectivity index (χ0v) is 29.5. The van der Waals surface area contributed by atoms with E-state index in [-0.39, 0.29) is 59.9 Å². The maximum absolute atomic E-state index is 14.3. The van der Waals surface area contributed by atoms with Gasteiger partial charge in [0.05, 0.1) is 43.3 Å². The Balaban J connectivity index is 1.25. The highest BCUT2D eigenvalue weighted by Crippen LogP contribution is 2.37. The molecular formula is C37H43N3O10S. The van der Waals surface area contributed by atoms with Crippen LogP contribution in [-0.4, -0.2) is 92.9 Å². The van der Waals surface area contributed by atoms with Gasteiger partial charge >= 0.3 is 6.09 Å². The van der Waals surface area contributed by atoms with Crippen LogP contribution in [0.5, 0.6) is 11.5 Å². The third-order valence-electron chi connectivity index (χ3n) is 9.20. The van der Waals surface area contributed by atoms with E-state index in [9.17, 15) is 28.2 Å². The summed E-state index contributed by atoms with van der Waals surface area (Å²) >= 11 is 0. The number of hydrogen-bond acceptors (Lipinski definition) is 10. The van der Waals surface area contributed by atoms with Gasteiger partial charge < -0.3 is 39.8 Å². The Bertz CT molecular complexity index is 1880. The van der Waals surface area contributed by atoms with Crippen molar-refractivity contribution in [3.8, 4) is 11.5 Å². The number of benzene rings is 3. The topological polar surface area (TPSA) is 173 Å². The number of nitrogens with one attached hydrogen (secondary N) is 2. The molecule has 0 radical (unpaired) electrons. The first-order chi connectivity index (χ1) is 24.4. The zero-order valence-electron chi connectivity index (χ0n) is 28.7. The molecule has 2 amide bonds. The van der Waals surface area contributed by atoms with Gasteiger partial charge in [-0.15, -0.1) is 0 Å². The lowest BCUT2D eigenvalue weighted by Gasteiger charge is -2.31. The molecule has 51 heavy (non-hydrogen) atoms. The molecule has 3 aromatic carbocycles. The van der Waals surface area contributed by atoms with Crippen LogP contribution in [0.15, 0.2) is 71.6 Å². The molecule has 4 N–H and O–H groups in total. The number of phenols is 1. The number of aliphatic hydroxyl groups is 1. The summed E-state index contributed by atoms with van der Waals surface area (Å²) in [4.78, 5) is 26.1. The van der Waals surface area contributed by atoms with Crippen molar-refractivity contribution in [2.45, 2.75) is 56.1 Å². The number of nitrogens with zero attached hydrogens (tertiary/aromatic N) is 1. The third kappa shape index (κ3) is 8.21. The number of methoxy groups -OCH3 is 1. The summed E-state index contributed by atoms with van der Waals surface area (Å²) < 4.78 is 51.9. The summed E-state index contributed by atoms with van der Waals surface area (Å²) in [5.74, 6) is -0.436. The van der Waals surface area contributed by atoms with Crippen LogP contribution in [0.2, 0.25) is 0 Å². The van der Waals surface area contributed by atoms with E-state index in [2.05, 4.69) is 10.6 Å². The minimum atomic E-state index is -4.23. The number of sulfonamides is 1. The minimum absolute atomic E-state index is 0.0597. The zero-order chi connectivity index (χ0) is 36.3. The summed E-state index contributed by atoms with van der Waals surface area (Å²) in [6.07, 6.45) is -0.462. The molecule has 3 aliphatic heterocycles. The van der Waals surface area contributed by atoms with Crippen molar-refractivity contribution in [1.29, 1.82) is 0 Å². The molecule has 272 valence electrons. The van der Waals surface area contributed by atoms with Crippen LogP contribution < -0.4 is 15.4 Å². The highest BCUT2D eigenvalue weighted by Gasteiger charge is 2.44. The SMILES string of the molecule is COc1cc(C=C2C(=O)Nc3ccc(S(=O)(=O)N(CC(C)C)CC(O)C(Cc4ccccc4)NC(=O)OC4COC5OCCC45)cc32)ccc1O. The maximum Gasteiger partial charge on any atom is 0.407 e. The number of ether oxygens (including phenoxy) is 4. The lowest BCUT2D eigenvalue weighted by atomic mass is 10.0. The molecule has 0 aromatic heterocycles. The first-order valence-corrected chi connectivity index (χ1v) is 18.3. The fraction of sp³-hybridized carbons (Fsp3) is 0.405. The fourth-order valence-corrected chi connectivity index (χ4v) is 8.25. The average molecular weight is 722 g/mol. The molecule has 6 rings (SSSR count). The maximum atomic E-state index is 14.3. The lowest BCUT2D eigenvalue weighted by Crippen LogP contribution is -2.51. The van der Waals surface area contributed by atoms with Crippen molar-refractivity contribution in [3.63, 3.8) is 0 Å². The molecule has 14 heteroatoms. The predicted octanol–water partition coefficient (Wildman–Crippen LogP) is 4.00. The summed E-state index contributed by atoms with van der Waals surface area (Å²) in [6.45, 7) is 4.22. The Morgan fingerprint density at radius 3 is 2.63 bits per heavy atom. The number of phenolic OH excluding ortho intramolecular Hbond substituents is 1. The van der Waals surface area contributed by atoms with Gasteiger partial charge in [-0.25, -0.2) is 13.2 Å². The number of anilines is 1. The molecule has 5 unspecified atom stereocenters. The first-order valence-electron chi connectivity index (χ1n) is 16.9. The molecule has 0 spiro atoms. The van der Waals surface area contributed by atoms with Gasteiger partial charge in [0, 0.05) is 29.9 Å². The summed E-state index contributed by atoms with van der Waals surface area (Å²) in [5, 5.41) is 27.2. The highest BCUT2D eigenvalue weighted by atomic mass is 32.2. The first kappa shape index (κ1) is 36.3. The van der Waals surface area contributed by atoms with Gasteiger partial charge in [0.25, 0.3) is 5.91 Å². The van der Waals surface area contributed by atoms with Crippen molar-refractivity contribution in [2.24, 2.45) is 11.8 Å². The van der Waals surface area contributed by atoms with Crippen molar-refractivity contribution < 1.29 is 47.2 Å². The van der Waals surface area contributed by atoms with Crippen LogP contribution in [-0.2, 0) is 35.4 Å². The van der Waals surface area contributed by atoms with Crippen molar-refractivity contribution >= 4 is 39.4 Å². The summed E-state index contributed by atoms with van der Waals surface area (Å²) in [5.41, 5.74) is 2.46. The number of carbonyl (C=O) groups excluding carboxylic acids is 2. The highest BCUT2D eigenvalue weighted by molar-refractivity contribution is 7.89. The normalized spacial score (nSPS) is 21.7. The van der Waals surface area contributed by atoms with Gasteiger partial charge in [-0.3, -0.25) is 4.79 Å². The summed E-state index contributed by atoms with van der Waals surface area (Å²) in [6, 6.07) is 17.4. The second-order valence-corrected chi connectivity index (χ2v) is 15.3. The van der Waals surface area contributed by atoms with Crippen LogP contribution in [0.1, 0.15) is 37.0 Å². The van der Waals surface area contributed by atoms with Gasteiger partial charge in [-0.1, -0.05) is 50.2 Å². The Morgan fingerprint density at radius 1 is 1.10 bits per heavy atom. The van der Waals surface area contributed by atoms with Crippen molar-refractivity contribution in [1.82, 2.24) is 9.62 Å². The second-order valence-electron chi connectivity index (χ2n) is 13.3. The van der Waals surface area contributed by atoms with E-state index >= 15 is 0 Å². The van der Waals surface area contributed by atoms with E-state index in [4.69, 9.17) is 18.9 Å². The Labute approximate surface area is 297 Å². The Hall–Kier alpha value is -4.47. The van der Waals surface area contributed by atoms with Gasteiger partial charge in [-0.05, 0) is 66.3 Å². The predicted molar refractivity (Wildman–Crippen MR) is 188 cm³/mol. The number of alkyl carbamates (subject to hydrolysis) is 1. The van der Waals surface area contributed by atoms with Crippen molar-refractivity contribution in [3.05, 3.63) is 83.4 Å². The van der Waals surface area contributed by atoms with Crippen LogP contribution in [0.4, 0.5) is 10.5 Å². The number of aromatic hydroxyl groups is 1. The number of fused-ring (bicyclic) bond motifs is 2. The number of hydrogen-bond donors (Lipinski definition) is 4. The van der Waals surface area contributed by atoms with Gasteiger partial charge in [0.1, 0.15) is 6.10 Å². The smallest absolute Gasteiger partial charge is 0.407 e. The third-order valence-corrected chi connectivity index (χ3v) is 11.0. The van der Waals surface area contributed by atoms with Crippen LogP contribution in [0, 0.1) is 11.8 Å². The summed E-state index contributed by atoms with van der Waals surface area (Å²) in [7, 11) is -2.81. The van der Waals surface area contributed by atoms with Gasteiger partial charge in [0.2, 0.25) is 10.0 Å². The van der Waals surface area contributed by atoms with E-state index in [0.29, 0.717) is 29.8 Å². The lowest BCUT2D eigenvalue weighted by molar-refractivity contribution is -0.110. The molecule has 0 saturated carbocycles. The fourth-order valence-electron chi connectivity index (χ4n) is 6.61. The molecule has 0 bridgehead atoms. The van der Waals surface area contributed by atoms with Gasteiger partial charge in [0.15, 0.2) is 17.8 Å². The van der Waals surface area contributed by atoms with Crippen molar-refractivity contribution in [2.75, 3.05) is 38.7 Å². The molecule has 2 fully saturated rings. The molecule has 3 aromatic rings. The quantitative estimate of drug-likeness (QED) is 0.189. The molecule has 3 aliphatic rings. The van der Waals surface area contributed by atoms with Crippen LogP contribution in [0.3, 0.4) is 0 Å². The molecule has 3 heterocycles. The monoisotopic (exact) mass is 721 g/mol. The number of amides is 2. The van der Waals surface area contributed by atoms with Gasteiger partial charge in [-0.2, -0.15) is 4.31 Å². The molecule has 2 saturated heterocycles. The van der Waals surface area contributed by atoms with Crippen LogP contribution >= 0.6 is 0 Å². The molecule has 5 atom stereocenters. The molecular weight excluding hydrogens is 678 g/mol. The van der Waals surface area contributed by atoms with Crippen LogP contribution in [0.25, 0.3) is 11.6 Å². The Kier molecular flexibility index (Phi) is 11.0. The second kappa shape index (κ2) is 15.4. The average Bonchev–Trinajstić information content (AvgIpc) is 3.80. The van der Waals surface area contributed by atoms with E-state index < -0.39 is 46.6 Å². The number of carbonyl (C=O) groups is 2. The standard InChI is InChI=1S/C37H43N3O10S/c1-22(2)19-40(20-32(42)30(16-23-7-5-4-6-8-23)39-37(44)50-34-21-49-36-26(34)13-14-48-36)51(45,46)25-10-11-29-27(18-25)28(35(43)38-29)15-24-9-12-31(41)33(17-24)47-3/h4-12,15,17-18,22,26,30,32,34,36,41-42H,13-14,16,19-21H2,1-3H3,(H,38,43)(H,39,44). The van der Waals surface area contributed by atoms with E-state index in [0.717, 1.165) is 5.56 Å². The Morgan fingerprint density at radius 2 is 1.88 bits per heavy atom. The molecule has 0 aliphatic carbocycles.